The number of ether oxygens (including phenoxy) is 1. The molecular formula is C23H27FN2O2. The predicted octanol–water partition coefficient (Wildman–Crippen LogP) is 3.67. The number of fused-ring (bicyclic) bond motifs is 1. The van der Waals surface area contributed by atoms with Gasteiger partial charge in [0.15, 0.2) is 11.6 Å². The highest BCUT2D eigenvalue weighted by atomic mass is 19.1. The van der Waals surface area contributed by atoms with E-state index in [2.05, 4.69) is 21.9 Å². The molecule has 0 radical (unpaired) electrons. The minimum Gasteiger partial charge on any atom is -0.489 e. The molecule has 0 amide bonds. The normalized spacial score (nSPS) is 20.8. The van der Waals surface area contributed by atoms with Crippen LogP contribution in [0.2, 0.25) is 0 Å². The number of aldehydes is 1. The minimum atomic E-state index is -0.308. The Bertz CT molecular complexity index is 805. The van der Waals surface area contributed by atoms with E-state index in [0.717, 1.165) is 51.9 Å². The van der Waals surface area contributed by atoms with Crippen molar-refractivity contribution < 1.29 is 13.9 Å². The third-order valence-electron chi connectivity index (χ3n) is 5.97. The van der Waals surface area contributed by atoms with Gasteiger partial charge in [0.05, 0.1) is 6.04 Å². The fourth-order valence-corrected chi connectivity index (χ4v) is 4.39. The first kappa shape index (κ1) is 19.1. The van der Waals surface area contributed by atoms with Gasteiger partial charge in [-0.3, -0.25) is 9.80 Å². The number of hydrogen-bond donors (Lipinski definition) is 0. The van der Waals surface area contributed by atoms with Crippen LogP contribution in [0.1, 0.15) is 30.0 Å². The Morgan fingerprint density at radius 1 is 1.07 bits per heavy atom. The van der Waals surface area contributed by atoms with Crippen molar-refractivity contribution in [3.63, 3.8) is 0 Å². The molecule has 5 heteroatoms. The summed E-state index contributed by atoms with van der Waals surface area (Å²) in [5, 5.41) is 0. The molecule has 2 aromatic carbocycles. The van der Waals surface area contributed by atoms with Crippen LogP contribution in [0.5, 0.6) is 5.75 Å². The lowest BCUT2D eigenvalue weighted by Crippen LogP contribution is -2.40. The number of halogens is 1. The van der Waals surface area contributed by atoms with Crippen LogP contribution in [0.25, 0.3) is 0 Å². The Labute approximate surface area is 165 Å². The number of hydrogen-bond acceptors (Lipinski definition) is 4. The van der Waals surface area contributed by atoms with Crippen molar-refractivity contribution in [2.45, 2.75) is 25.4 Å². The Hall–Kier alpha value is -2.24. The molecule has 1 unspecified atom stereocenters. The first-order valence-corrected chi connectivity index (χ1v) is 10.1. The average Bonchev–Trinajstić information content (AvgIpc) is 3.07. The highest BCUT2D eigenvalue weighted by Gasteiger charge is 2.32. The number of nitrogens with zero attached hydrogens (tertiary/aromatic N) is 2. The van der Waals surface area contributed by atoms with Gasteiger partial charge >= 0.3 is 0 Å². The van der Waals surface area contributed by atoms with Gasteiger partial charge in [0.2, 0.25) is 0 Å². The standard InChI is InChI=1S/C23H27FN2O2/c24-21-7-3-4-8-23(21)28-14-13-25-11-9-18(10-12-25)15-26-16-19-5-1-2-6-20(19)22(26)17-27/h1-8,17-18,22H,9-16H2. The summed E-state index contributed by atoms with van der Waals surface area (Å²) in [6.07, 6.45) is 3.33. The molecule has 0 N–H and O–H groups in total. The maximum atomic E-state index is 13.6. The van der Waals surface area contributed by atoms with Crippen molar-refractivity contribution in [3.05, 3.63) is 65.5 Å². The van der Waals surface area contributed by atoms with E-state index in [1.54, 1.807) is 18.2 Å². The molecule has 1 saturated heterocycles. The van der Waals surface area contributed by atoms with Crippen LogP contribution in [-0.2, 0) is 11.3 Å². The monoisotopic (exact) mass is 382 g/mol. The number of benzene rings is 2. The molecule has 0 aromatic heterocycles. The van der Waals surface area contributed by atoms with Crippen LogP contribution < -0.4 is 4.74 Å². The Morgan fingerprint density at radius 3 is 2.61 bits per heavy atom. The second-order valence-electron chi connectivity index (χ2n) is 7.77. The lowest BCUT2D eigenvalue weighted by Gasteiger charge is -2.34. The van der Waals surface area contributed by atoms with Gasteiger partial charge in [0, 0.05) is 19.6 Å². The molecule has 2 aliphatic heterocycles. The van der Waals surface area contributed by atoms with Crippen LogP contribution in [0.3, 0.4) is 0 Å². The highest BCUT2D eigenvalue weighted by molar-refractivity contribution is 5.64. The van der Waals surface area contributed by atoms with E-state index in [1.165, 1.54) is 17.2 Å². The second kappa shape index (κ2) is 8.84. The number of carbonyl (C=O) groups is 1. The van der Waals surface area contributed by atoms with E-state index in [1.807, 2.05) is 12.1 Å². The molecule has 2 aromatic rings. The third kappa shape index (κ3) is 4.26. The van der Waals surface area contributed by atoms with Crippen molar-refractivity contribution in [2.75, 3.05) is 32.8 Å². The maximum Gasteiger partial charge on any atom is 0.165 e. The zero-order valence-electron chi connectivity index (χ0n) is 16.1. The van der Waals surface area contributed by atoms with Crippen molar-refractivity contribution >= 4 is 6.29 Å². The largest absolute Gasteiger partial charge is 0.489 e. The van der Waals surface area contributed by atoms with Crippen LogP contribution >= 0.6 is 0 Å². The van der Waals surface area contributed by atoms with Gasteiger partial charge in [-0.2, -0.15) is 0 Å². The van der Waals surface area contributed by atoms with Crippen LogP contribution in [-0.4, -0.2) is 48.9 Å². The van der Waals surface area contributed by atoms with E-state index in [0.29, 0.717) is 18.3 Å². The number of para-hydroxylation sites is 1. The van der Waals surface area contributed by atoms with Crippen LogP contribution in [0.4, 0.5) is 4.39 Å². The van der Waals surface area contributed by atoms with Gasteiger partial charge in [0.1, 0.15) is 12.9 Å². The zero-order valence-corrected chi connectivity index (χ0v) is 16.1. The number of likely N-dealkylation sites (tertiary alicyclic amines) is 1. The summed E-state index contributed by atoms with van der Waals surface area (Å²) >= 11 is 0. The topological polar surface area (TPSA) is 32.8 Å². The predicted molar refractivity (Wildman–Crippen MR) is 107 cm³/mol. The van der Waals surface area contributed by atoms with Gasteiger partial charge in [-0.25, -0.2) is 4.39 Å². The lowest BCUT2D eigenvalue weighted by atomic mass is 9.96. The van der Waals surface area contributed by atoms with E-state index in [4.69, 9.17) is 4.74 Å². The first-order chi connectivity index (χ1) is 13.7. The Morgan fingerprint density at radius 2 is 1.82 bits per heavy atom. The molecular weight excluding hydrogens is 355 g/mol. The number of carbonyl (C=O) groups excluding carboxylic acids is 1. The smallest absolute Gasteiger partial charge is 0.165 e. The van der Waals surface area contributed by atoms with E-state index >= 15 is 0 Å². The number of piperidine rings is 1. The molecule has 0 bridgehead atoms. The molecule has 0 aliphatic carbocycles. The molecule has 148 valence electrons. The van der Waals surface area contributed by atoms with Crippen molar-refractivity contribution in [1.29, 1.82) is 0 Å². The summed E-state index contributed by atoms with van der Waals surface area (Å²) in [5.74, 6) is 0.629. The maximum absolute atomic E-state index is 13.6. The number of rotatable bonds is 7. The average molecular weight is 382 g/mol. The Balaban J connectivity index is 1.22. The summed E-state index contributed by atoms with van der Waals surface area (Å²) in [6.45, 7) is 5.21. The van der Waals surface area contributed by atoms with Gasteiger partial charge in [-0.15, -0.1) is 0 Å². The quantitative estimate of drug-likeness (QED) is 0.684. The molecule has 2 aliphatic rings. The first-order valence-electron chi connectivity index (χ1n) is 10.1. The van der Waals surface area contributed by atoms with Crippen molar-refractivity contribution in [1.82, 2.24) is 9.80 Å². The van der Waals surface area contributed by atoms with Crippen LogP contribution in [0, 0.1) is 11.7 Å². The van der Waals surface area contributed by atoms with E-state index < -0.39 is 0 Å². The van der Waals surface area contributed by atoms with E-state index in [-0.39, 0.29) is 11.9 Å². The Kier molecular flexibility index (Phi) is 6.03. The second-order valence-corrected chi connectivity index (χ2v) is 7.77. The molecule has 1 fully saturated rings. The summed E-state index contributed by atoms with van der Waals surface area (Å²) in [5.41, 5.74) is 2.45. The third-order valence-corrected chi connectivity index (χ3v) is 5.97. The molecule has 28 heavy (non-hydrogen) atoms. The summed E-state index contributed by atoms with van der Waals surface area (Å²) in [6, 6.07) is 14.7. The zero-order chi connectivity index (χ0) is 19.3. The fraction of sp³-hybridized carbons (Fsp3) is 0.435. The van der Waals surface area contributed by atoms with E-state index in [9.17, 15) is 9.18 Å². The molecule has 4 nitrogen and oxygen atoms in total. The van der Waals surface area contributed by atoms with Gasteiger partial charge in [-0.05, 0) is 55.1 Å². The molecule has 2 heterocycles. The SMILES string of the molecule is O=CC1c2ccccc2CN1CC1CCN(CCOc2ccccc2F)CC1. The summed E-state index contributed by atoms with van der Waals surface area (Å²) < 4.78 is 19.2. The molecule has 0 saturated carbocycles. The van der Waals surface area contributed by atoms with Gasteiger partial charge in [0.25, 0.3) is 0 Å². The molecule has 0 spiro atoms. The molecule has 1 atom stereocenters. The highest BCUT2D eigenvalue weighted by Crippen LogP contribution is 2.33. The summed E-state index contributed by atoms with van der Waals surface area (Å²) in [4.78, 5) is 16.3. The van der Waals surface area contributed by atoms with Gasteiger partial charge in [-0.1, -0.05) is 36.4 Å². The van der Waals surface area contributed by atoms with Crippen LogP contribution in [0.15, 0.2) is 48.5 Å². The van der Waals surface area contributed by atoms with Gasteiger partial charge < -0.3 is 9.53 Å². The summed E-state index contributed by atoms with van der Waals surface area (Å²) in [7, 11) is 0. The van der Waals surface area contributed by atoms with Crippen molar-refractivity contribution in [2.24, 2.45) is 5.92 Å². The lowest BCUT2D eigenvalue weighted by molar-refractivity contribution is -0.112. The molecule has 4 rings (SSSR count). The van der Waals surface area contributed by atoms with Crippen molar-refractivity contribution in [3.8, 4) is 5.75 Å². The minimum absolute atomic E-state index is 0.0941. The fourth-order valence-electron chi connectivity index (χ4n) is 4.39.